The third-order valence-electron chi connectivity index (χ3n) is 4.95. The van der Waals surface area contributed by atoms with Crippen LogP contribution in [0.3, 0.4) is 0 Å². The fourth-order valence-electron chi connectivity index (χ4n) is 2.93. The normalized spacial score (nSPS) is 11.0. The van der Waals surface area contributed by atoms with Crippen molar-refractivity contribution in [3.05, 3.63) is 101 Å². The van der Waals surface area contributed by atoms with Gasteiger partial charge in [-0.15, -0.1) is 0 Å². The van der Waals surface area contributed by atoms with Gasteiger partial charge in [0.25, 0.3) is 11.8 Å². The van der Waals surface area contributed by atoms with Gasteiger partial charge in [0.15, 0.2) is 0 Å². The van der Waals surface area contributed by atoms with Gasteiger partial charge >= 0.3 is 0 Å². The van der Waals surface area contributed by atoms with Crippen LogP contribution < -0.4 is 15.6 Å². The van der Waals surface area contributed by atoms with Crippen molar-refractivity contribution in [3.63, 3.8) is 0 Å². The number of benzene rings is 3. The summed E-state index contributed by atoms with van der Waals surface area (Å²) in [5, 5.41) is 0. The Morgan fingerprint density at radius 2 is 1.23 bits per heavy atom. The summed E-state index contributed by atoms with van der Waals surface area (Å²) >= 11 is 0. The first-order valence-electron chi connectivity index (χ1n) is 10.2. The van der Waals surface area contributed by atoms with E-state index >= 15 is 0 Å². The Hall–Kier alpha value is -3.60. The zero-order valence-electron chi connectivity index (χ0n) is 18.4. The van der Waals surface area contributed by atoms with E-state index in [0.29, 0.717) is 17.7 Å². The van der Waals surface area contributed by atoms with Gasteiger partial charge in [-0.3, -0.25) is 20.4 Å². The third-order valence-corrected chi connectivity index (χ3v) is 4.95. The quantitative estimate of drug-likeness (QED) is 0.579. The van der Waals surface area contributed by atoms with Crippen molar-refractivity contribution < 1.29 is 14.3 Å². The average Bonchev–Trinajstić information content (AvgIpc) is 2.76. The predicted molar refractivity (Wildman–Crippen MR) is 122 cm³/mol. The summed E-state index contributed by atoms with van der Waals surface area (Å²) in [6, 6.07) is 22.3. The summed E-state index contributed by atoms with van der Waals surface area (Å²) in [4.78, 5) is 24.4. The maximum atomic E-state index is 12.3. The van der Waals surface area contributed by atoms with E-state index in [4.69, 9.17) is 4.74 Å². The Kier molecular flexibility index (Phi) is 6.75. The van der Waals surface area contributed by atoms with Gasteiger partial charge in [0.05, 0.1) is 0 Å². The number of nitrogens with one attached hydrogen (secondary N) is 2. The van der Waals surface area contributed by atoms with Crippen molar-refractivity contribution in [1.82, 2.24) is 10.9 Å². The zero-order valence-corrected chi connectivity index (χ0v) is 18.4. The van der Waals surface area contributed by atoms with Crippen molar-refractivity contribution in [3.8, 4) is 5.75 Å². The number of hydrogen-bond acceptors (Lipinski definition) is 3. The molecule has 2 amide bonds. The number of rotatable bonds is 5. The van der Waals surface area contributed by atoms with Crippen LogP contribution >= 0.6 is 0 Å². The molecule has 0 saturated heterocycles. The molecule has 160 valence electrons. The van der Waals surface area contributed by atoms with Gasteiger partial charge in [-0.2, -0.15) is 0 Å². The number of carbonyl (C=O) groups is 2. The van der Waals surface area contributed by atoms with Crippen LogP contribution in [0.1, 0.15) is 58.2 Å². The van der Waals surface area contributed by atoms with Gasteiger partial charge in [-0.1, -0.05) is 62.7 Å². The standard InChI is InChI=1S/C26H28N2O3/c1-18-5-9-20(10-6-18)24(29)27-28-25(30)21-11-7-19(8-12-21)17-31-23-15-13-22(14-16-23)26(2,3)4/h5-16H,17H2,1-4H3,(H,27,29)(H,28,30). The summed E-state index contributed by atoms with van der Waals surface area (Å²) in [6.45, 7) is 8.87. The minimum atomic E-state index is -0.384. The number of ether oxygens (including phenoxy) is 1. The molecule has 0 saturated carbocycles. The molecule has 3 rings (SSSR count). The van der Waals surface area contributed by atoms with Crippen LogP contribution in [0.4, 0.5) is 0 Å². The molecular formula is C26H28N2O3. The van der Waals surface area contributed by atoms with E-state index in [0.717, 1.165) is 16.9 Å². The molecule has 5 nitrogen and oxygen atoms in total. The van der Waals surface area contributed by atoms with E-state index in [2.05, 4.69) is 43.8 Å². The second-order valence-corrected chi connectivity index (χ2v) is 8.53. The molecule has 0 radical (unpaired) electrons. The van der Waals surface area contributed by atoms with Crippen molar-refractivity contribution >= 4 is 11.8 Å². The van der Waals surface area contributed by atoms with E-state index in [-0.39, 0.29) is 17.2 Å². The predicted octanol–water partition coefficient (Wildman–Crippen LogP) is 4.95. The lowest BCUT2D eigenvalue weighted by atomic mass is 9.87. The summed E-state index contributed by atoms with van der Waals surface area (Å²) in [5.41, 5.74) is 9.16. The fourth-order valence-corrected chi connectivity index (χ4v) is 2.93. The second-order valence-electron chi connectivity index (χ2n) is 8.53. The molecule has 3 aromatic carbocycles. The molecule has 0 aliphatic carbocycles. The highest BCUT2D eigenvalue weighted by Gasteiger charge is 2.13. The van der Waals surface area contributed by atoms with E-state index in [1.165, 1.54) is 5.56 Å². The van der Waals surface area contributed by atoms with Gasteiger partial charge in [-0.05, 0) is 59.9 Å². The Morgan fingerprint density at radius 1 is 0.742 bits per heavy atom. The van der Waals surface area contributed by atoms with Crippen molar-refractivity contribution in [2.24, 2.45) is 0 Å². The van der Waals surface area contributed by atoms with E-state index < -0.39 is 0 Å². The monoisotopic (exact) mass is 416 g/mol. The minimum Gasteiger partial charge on any atom is -0.489 e. The minimum absolute atomic E-state index is 0.106. The summed E-state index contributed by atoms with van der Waals surface area (Å²) in [6.07, 6.45) is 0. The number of carbonyl (C=O) groups excluding carboxylic acids is 2. The van der Waals surface area contributed by atoms with Crippen LogP contribution in [0.15, 0.2) is 72.8 Å². The highest BCUT2D eigenvalue weighted by Crippen LogP contribution is 2.24. The molecule has 0 aromatic heterocycles. The Bertz CT molecular complexity index is 1030. The summed E-state index contributed by atoms with van der Waals surface area (Å²) in [5.74, 6) is 0.0511. The highest BCUT2D eigenvalue weighted by atomic mass is 16.5. The van der Waals surface area contributed by atoms with Gasteiger partial charge < -0.3 is 4.74 Å². The maximum absolute atomic E-state index is 12.3. The second kappa shape index (κ2) is 9.47. The Balaban J connectivity index is 1.50. The third kappa shape index (κ3) is 6.19. The lowest BCUT2D eigenvalue weighted by Gasteiger charge is -2.19. The molecule has 0 atom stereocenters. The van der Waals surface area contributed by atoms with Gasteiger partial charge in [0.1, 0.15) is 12.4 Å². The number of hydrazine groups is 1. The maximum Gasteiger partial charge on any atom is 0.269 e. The molecule has 0 heterocycles. The number of hydrogen-bond donors (Lipinski definition) is 2. The van der Waals surface area contributed by atoms with Gasteiger partial charge in [0, 0.05) is 11.1 Å². The molecule has 0 fully saturated rings. The molecule has 0 aliphatic heterocycles. The first-order chi connectivity index (χ1) is 14.7. The highest BCUT2D eigenvalue weighted by molar-refractivity contribution is 5.99. The van der Waals surface area contributed by atoms with Crippen LogP contribution in [0.2, 0.25) is 0 Å². The smallest absolute Gasteiger partial charge is 0.269 e. The first-order valence-corrected chi connectivity index (χ1v) is 10.2. The molecule has 0 spiro atoms. The topological polar surface area (TPSA) is 67.4 Å². The fraction of sp³-hybridized carbons (Fsp3) is 0.231. The first kappa shape index (κ1) is 22.1. The number of aryl methyl sites for hydroxylation is 1. The van der Waals surface area contributed by atoms with Crippen LogP contribution in [0, 0.1) is 6.92 Å². The van der Waals surface area contributed by atoms with Gasteiger partial charge in [-0.25, -0.2) is 0 Å². The van der Waals surface area contributed by atoms with Crippen LogP contribution in [-0.2, 0) is 12.0 Å². The molecule has 31 heavy (non-hydrogen) atoms. The van der Waals surface area contributed by atoms with Crippen molar-refractivity contribution in [1.29, 1.82) is 0 Å². The lowest BCUT2D eigenvalue weighted by molar-refractivity contribution is 0.0846. The molecule has 2 N–H and O–H groups in total. The lowest BCUT2D eigenvalue weighted by Crippen LogP contribution is -2.41. The molecular weight excluding hydrogens is 388 g/mol. The van der Waals surface area contributed by atoms with Crippen molar-refractivity contribution in [2.75, 3.05) is 0 Å². The van der Waals surface area contributed by atoms with Crippen molar-refractivity contribution in [2.45, 2.75) is 39.7 Å². The van der Waals surface area contributed by atoms with E-state index in [1.807, 2.05) is 43.3 Å². The van der Waals surface area contributed by atoms with E-state index in [9.17, 15) is 9.59 Å². The van der Waals surface area contributed by atoms with Gasteiger partial charge in [0.2, 0.25) is 0 Å². The Morgan fingerprint density at radius 3 is 1.71 bits per heavy atom. The average molecular weight is 417 g/mol. The van der Waals surface area contributed by atoms with E-state index in [1.54, 1.807) is 24.3 Å². The number of amides is 2. The molecule has 5 heteroatoms. The molecule has 3 aromatic rings. The Labute approximate surface area is 183 Å². The SMILES string of the molecule is Cc1ccc(C(=O)NNC(=O)c2ccc(COc3ccc(C(C)(C)C)cc3)cc2)cc1. The summed E-state index contributed by atoms with van der Waals surface area (Å²) < 4.78 is 5.84. The molecule has 0 unspecified atom stereocenters. The summed E-state index contributed by atoms with van der Waals surface area (Å²) in [7, 11) is 0. The molecule has 0 bridgehead atoms. The van der Waals surface area contributed by atoms with Crippen LogP contribution in [-0.4, -0.2) is 11.8 Å². The molecule has 0 aliphatic rings. The largest absolute Gasteiger partial charge is 0.489 e. The zero-order chi connectivity index (χ0) is 22.4. The van der Waals surface area contributed by atoms with Crippen LogP contribution in [0.25, 0.3) is 0 Å². The van der Waals surface area contributed by atoms with Crippen LogP contribution in [0.5, 0.6) is 5.75 Å².